The minimum Gasteiger partial charge on any atom is -0.381 e. The molecule has 1 aromatic carbocycles. The first-order valence-corrected chi connectivity index (χ1v) is 19.5. The fourth-order valence-electron chi connectivity index (χ4n) is 8.51. The third-order valence-electron chi connectivity index (χ3n) is 12.3. The maximum atomic E-state index is 13.6. The van der Waals surface area contributed by atoms with Gasteiger partial charge < -0.3 is 10.1 Å². The topological polar surface area (TPSA) is 67.2 Å². The summed E-state index contributed by atoms with van der Waals surface area (Å²) in [6.45, 7) is 15.0. The Bertz CT molecular complexity index is 1430. The van der Waals surface area contributed by atoms with Gasteiger partial charge in [-0.25, -0.2) is 0 Å². The number of carbonyl (C=O) groups is 2. The molecule has 1 aromatic rings. The Kier molecular flexibility index (Phi) is 14.7. The van der Waals surface area contributed by atoms with E-state index >= 15 is 0 Å². The molecule has 0 radical (unpaired) electrons. The van der Waals surface area contributed by atoms with E-state index in [1.54, 1.807) is 12.3 Å². The van der Waals surface area contributed by atoms with E-state index < -0.39 is 18.5 Å². The first kappa shape index (κ1) is 41.0. The largest absolute Gasteiger partial charge is 0.389 e. The fourth-order valence-corrected chi connectivity index (χ4v) is 8.51. The molecule has 1 saturated carbocycles. The summed E-state index contributed by atoms with van der Waals surface area (Å²) in [5, 5.41) is 7.79. The molecule has 4 rings (SSSR count). The smallest absolute Gasteiger partial charge is 0.381 e. The van der Waals surface area contributed by atoms with E-state index in [0.717, 1.165) is 69.3 Å². The Morgan fingerprint density at radius 3 is 2.53 bits per heavy atom. The monoisotopic (exact) mass is 709 g/mol. The zero-order valence-corrected chi connectivity index (χ0v) is 31.6. The summed E-state index contributed by atoms with van der Waals surface area (Å²) in [5.74, 6) is 0.117. The van der Waals surface area contributed by atoms with Crippen LogP contribution in [0.4, 0.5) is 13.2 Å². The summed E-state index contributed by atoms with van der Waals surface area (Å²) in [7, 11) is 0. The standard InChI is InChI=1S/C44H62F3NO3/c1-31(43(5)32(2)39(43)29-48)27-42(3,4)37-18-10-15-33(25-37)16-11-19-40(49)38-26-34(13-8-6-7-9-14-36-17-12-24-51-30-36)20-21-35(22-23-41(38)50)28-44(45,46)47/h10,15,18,20,25-26,29,32,35-36,39,48H,1,6-9,11-14,16-17,19,21-24,27-28,30H2,2-5H3/b34-20-,38-26-,48-29?. The van der Waals surface area contributed by atoms with Crippen molar-refractivity contribution in [1.82, 2.24) is 0 Å². The van der Waals surface area contributed by atoms with Crippen LogP contribution in [0.15, 0.2) is 59.7 Å². The molecule has 282 valence electrons. The number of ketones is 2. The lowest BCUT2D eigenvalue weighted by Gasteiger charge is -2.30. The van der Waals surface area contributed by atoms with E-state index in [-0.39, 0.29) is 59.6 Å². The molecule has 0 bridgehead atoms. The van der Waals surface area contributed by atoms with Crippen LogP contribution in [-0.4, -0.2) is 37.2 Å². The average molecular weight is 710 g/mol. The molecule has 0 aromatic heterocycles. The second kappa shape index (κ2) is 18.3. The number of rotatable bonds is 18. The van der Waals surface area contributed by atoms with Crippen molar-refractivity contribution in [2.24, 2.45) is 29.1 Å². The molecule has 1 saturated heterocycles. The molecule has 5 unspecified atom stereocenters. The third-order valence-corrected chi connectivity index (χ3v) is 12.3. The third kappa shape index (κ3) is 11.9. The van der Waals surface area contributed by atoms with Gasteiger partial charge in [0.25, 0.3) is 0 Å². The van der Waals surface area contributed by atoms with Gasteiger partial charge in [0.1, 0.15) is 0 Å². The Hall–Kier alpha value is -2.80. The van der Waals surface area contributed by atoms with Crippen LogP contribution in [0, 0.1) is 34.5 Å². The van der Waals surface area contributed by atoms with Crippen molar-refractivity contribution < 1.29 is 27.5 Å². The van der Waals surface area contributed by atoms with Crippen LogP contribution in [0.25, 0.3) is 0 Å². The Balaban J connectivity index is 1.35. The van der Waals surface area contributed by atoms with Crippen molar-refractivity contribution >= 4 is 17.8 Å². The van der Waals surface area contributed by atoms with E-state index in [4.69, 9.17) is 10.1 Å². The van der Waals surface area contributed by atoms with E-state index in [2.05, 4.69) is 58.5 Å². The summed E-state index contributed by atoms with van der Waals surface area (Å²) in [4.78, 5) is 27.0. The van der Waals surface area contributed by atoms with Gasteiger partial charge in [-0.15, -0.1) is 0 Å². The molecule has 5 atom stereocenters. The number of allylic oxidation sites excluding steroid dienone is 5. The van der Waals surface area contributed by atoms with Gasteiger partial charge in [0.2, 0.25) is 0 Å². The maximum Gasteiger partial charge on any atom is 0.389 e. The number of alkyl halides is 3. The highest BCUT2D eigenvalue weighted by atomic mass is 19.4. The molecule has 0 spiro atoms. The zero-order valence-electron chi connectivity index (χ0n) is 31.6. The number of ether oxygens (including phenoxy) is 1. The van der Waals surface area contributed by atoms with Crippen LogP contribution < -0.4 is 0 Å². The average Bonchev–Trinajstić information content (AvgIpc) is 3.62. The molecule has 1 aliphatic heterocycles. The van der Waals surface area contributed by atoms with Crippen LogP contribution in [0.3, 0.4) is 0 Å². The van der Waals surface area contributed by atoms with Crippen LogP contribution in [0.5, 0.6) is 0 Å². The Labute approximate surface area is 305 Å². The number of unbranched alkanes of at least 4 members (excludes halogenated alkanes) is 3. The van der Waals surface area contributed by atoms with Crippen molar-refractivity contribution in [3.05, 3.63) is 70.8 Å². The van der Waals surface area contributed by atoms with Gasteiger partial charge in [0.15, 0.2) is 11.6 Å². The van der Waals surface area contributed by atoms with E-state index in [9.17, 15) is 22.8 Å². The number of carbonyl (C=O) groups excluding carboxylic acids is 2. The number of hydrogen-bond donors (Lipinski definition) is 1. The first-order valence-electron chi connectivity index (χ1n) is 19.5. The summed E-state index contributed by atoms with van der Waals surface area (Å²) < 4.78 is 45.7. The molecule has 4 nitrogen and oxygen atoms in total. The second-order valence-electron chi connectivity index (χ2n) is 16.7. The van der Waals surface area contributed by atoms with Gasteiger partial charge in [-0.3, -0.25) is 9.59 Å². The predicted octanol–water partition coefficient (Wildman–Crippen LogP) is 11.7. The van der Waals surface area contributed by atoms with E-state index in [1.807, 2.05) is 6.08 Å². The highest BCUT2D eigenvalue weighted by Gasteiger charge is 2.59. The molecule has 51 heavy (non-hydrogen) atoms. The highest BCUT2D eigenvalue weighted by Crippen LogP contribution is 2.63. The fraction of sp³-hybridized carbons (Fsp3) is 0.659. The van der Waals surface area contributed by atoms with Crippen molar-refractivity contribution in [1.29, 1.82) is 5.41 Å². The molecule has 1 heterocycles. The van der Waals surface area contributed by atoms with Gasteiger partial charge in [-0.2, -0.15) is 13.2 Å². The lowest BCUT2D eigenvalue weighted by molar-refractivity contribution is -0.145. The minimum atomic E-state index is -4.29. The van der Waals surface area contributed by atoms with Gasteiger partial charge in [-0.05, 0) is 116 Å². The zero-order chi connectivity index (χ0) is 37.2. The molecular weight excluding hydrogens is 647 g/mol. The van der Waals surface area contributed by atoms with Crippen LogP contribution >= 0.6 is 0 Å². The van der Waals surface area contributed by atoms with Gasteiger partial charge in [0, 0.05) is 38.4 Å². The lowest BCUT2D eigenvalue weighted by Crippen LogP contribution is -2.21. The number of benzene rings is 1. The van der Waals surface area contributed by atoms with Gasteiger partial charge in [0.05, 0.1) is 5.57 Å². The molecule has 1 N–H and O–H groups in total. The van der Waals surface area contributed by atoms with E-state index in [1.165, 1.54) is 17.6 Å². The number of aryl methyl sites for hydroxylation is 1. The minimum absolute atomic E-state index is 0.0300. The van der Waals surface area contributed by atoms with E-state index in [0.29, 0.717) is 31.1 Å². The van der Waals surface area contributed by atoms with Crippen molar-refractivity contribution in [2.75, 3.05) is 13.2 Å². The molecule has 7 heteroatoms. The highest BCUT2D eigenvalue weighted by molar-refractivity contribution is 6.20. The number of hydrogen-bond acceptors (Lipinski definition) is 4. The summed E-state index contributed by atoms with van der Waals surface area (Å²) in [6.07, 6.45) is 10.9. The predicted molar refractivity (Wildman–Crippen MR) is 201 cm³/mol. The van der Waals surface area contributed by atoms with Crippen molar-refractivity contribution in [3.63, 3.8) is 0 Å². The number of nitrogens with one attached hydrogen (secondary N) is 1. The summed E-state index contributed by atoms with van der Waals surface area (Å²) in [5.41, 5.74) is 4.31. The summed E-state index contributed by atoms with van der Waals surface area (Å²) in [6, 6.07) is 8.48. The molecular formula is C44H62F3NO3. The van der Waals surface area contributed by atoms with Crippen LogP contribution in [0.1, 0.15) is 135 Å². The lowest BCUT2D eigenvalue weighted by atomic mass is 9.75. The second-order valence-corrected chi connectivity index (χ2v) is 16.7. The Morgan fingerprint density at radius 1 is 1.08 bits per heavy atom. The number of halogens is 3. The first-order chi connectivity index (χ1) is 24.1. The number of Topliss-reactive ketones (excluding diaryl/α,β-unsaturated/α-hetero) is 2. The van der Waals surface area contributed by atoms with Gasteiger partial charge in [-0.1, -0.05) is 95.0 Å². The quantitative estimate of drug-likeness (QED) is 0.0714. The van der Waals surface area contributed by atoms with Crippen LogP contribution in [0.2, 0.25) is 0 Å². The molecule has 2 fully saturated rings. The van der Waals surface area contributed by atoms with Crippen molar-refractivity contribution in [3.8, 4) is 0 Å². The van der Waals surface area contributed by atoms with Crippen LogP contribution in [-0.2, 0) is 26.2 Å². The SMILES string of the molecule is C=C(CC(C)(C)c1cccc(CCCC(=O)/C2=C/C(CCCCCCC3CCCOC3)=C\CC(CC(F)(F)F)CCC2=O)c1)C1(C)C(C)C1C=N. The maximum absolute atomic E-state index is 13.6. The van der Waals surface area contributed by atoms with Gasteiger partial charge >= 0.3 is 6.18 Å². The molecule has 3 aliphatic rings. The van der Waals surface area contributed by atoms with Crippen molar-refractivity contribution in [2.45, 2.75) is 142 Å². The molecule has 0 amide bonds. The molecule has 2 aliphatic carbocycles. The Morgan fingerprint density at radius 2 is 1.84 bits per heavy atom. The summed E-state index contributed by atoms with van der Waals surface area (Å²) >= 11 is 0. The normalized spacial score (nSPS) is 28.0.